The molecule has 1 saturated heterocycles. The number of alkyl halides is 2. The van der Waals surface area contributed by atoms with Gasteiger partial charge in [-0.25, -0.2) is 9.97 Å². The highest BCUT2D eigenvalue weighted by Crippen LogP contribution is 2.47. The van der Waals surface area contributed by atoms with Crippen LogP contribution >= 0.6 is 0 Å². The number of ether oxygens (including phenoxy) is 2. The van der Waals surface area contributed by atoms with E-state index < -0.39 is 6.55 Å². The number of aryl methyl sites for hydroxylation is 1. The van der Waals surface area contributed by atoms with Crippen LogP contribution in [0.5, 0.6) is 5.75 Å². The Bertz CT molecular complexity index is 1400. The van der Waals surface area contributed by atoms with E-state index >= 15 is 0 Å². The topological polar surface area (TPSA) is 108 Å². The third-order valence-electron chi connectivity index (χ3n) is 6.12. The lowest BCUT2D eigenvalue weighted by molar-refractivity contribution is -0.117. The van der Waals surface area contributed by atoms with E-state index in [2.05, 4.69) is 25.4 Å². The first-order chi connectivity index (χ1) is 17.0. The van der Waals surface area contributed by atoms with Crippen molar-refractivity contribution in [3.63, 3.8) is 0 Å². The molecular weight excluding hydrogens is 460 g/mol. The van der Waals surface area contributed by atoms with Gasteiger partial charge in [-0.2, -0.15) is 18.6 Å². The summed E-state index contributed by atoms with van der Waals surface area (Å²) in [5, 5.41) is 6.60. The lowest BCUT2D eigenvalue weighted by Crippen LogP contribution is -2.38. The Morgan fingerprint density at radius 3 is 2.77 bits per heavy atom. The quantitative estimate of drug-likeness (QED) is 0.432. The van der Waals surface area contributed by atoms with Crippen LogP contribution in [-0.2, 0) is 9.53 Å². The number of anilines is 1. The van der Waals surface area contributed by atoms with E-state index in [-0.39, 0.29) is 41.0 Å². The summed E-state index contributed by atoms with van der Waals surface area (Å²) in [6.45, 7) is -0.128. The lowest BCUT2D eigenvalue weighted by Gasteiger charge is -2.26. The van der Waals surface area contributed by atoms with Crippen molar-refractivity contribution in [2.24, 2.45) is 5.92 Å². The summed E-state index contributed by atoms with van der Waals surface area (Å²) in [7, 11) is 0. The highest BCUT2D eigenvalue weighted by molar-refractivity contribution is 5.94. The molecule has 2 aliphatic rings. The fourth-order valence-corrected chi connectivity index (χ4v) is 4.10. The minimum Gasteiger partial charge on any atom is -0.482 e. The van der Waals surface area contributed by atoms with E-state index in [1.165, 1.54) is 12.4 Å². The Kier molecular flexibility index (Phi) is 5.17. The van der Waals surface area contributed by atoms with Crippen LogP contribution in [-0.4, -0.2) is 54.4 Å². The molecule has 0 radical (unpaired) electrons. The van der Waals surface area contributed by atoms with Gasteiger partial charge in [-0.3, -0.25) is 9.78 Å². The average molecular weight is 481 g/mol. The zero-order chi connectivity index (χ0) is 24.1. The number of hydrogen-bond donors (Lipinski definition) is 1. The smallest absolute Gasteiger partial charge is 0.333 e. The number of fused-ring (bicyclic) bond motifs is 1. The van der Waals surface area contributed by atoms with E-state index in [0.29, 0.717) is 29.4 Å². The molecule has 6 rings (SSSR count). The lowest BCUT2D eigenvalue weighted by atomic mass is 10.2. The number of imidazole rings is 1. The van der Waals surface area contributed by atoms with Crippen molar-refractivity contribution in [1.82, 2.24) is 29.1 Å². The summed E-state index contributed by atoms with van der Waals surface area (Å²) in [4.78, 5) is 25.8. The zero-order valence-electron chi connectivity index (χ0n) is 18.6. The van der Waals surface area contributed by atoms with Gasteiger partial charge in [0.2, 0.25) is 5.91 Å². The van der Waals surface area contributed by atoms with Gasteiger partial charge in [0, 0.05) is 29.9 Å². The number of carbonyl (C=O) groups excluding carboxylic acids is 1. The van der Waals surface area contributed by atoms with Gasteiger partial charge in [0.15, 0.2) is 17.2 Å². The molecular formula is C23H21F2N7O3. The van der Waals surface area contributed by atoms with Gasteiger partial charge in [0.1, 0.15) is 17.5 Å². The number of nitrogens with zero attached hydrogens (tertiary/aromatic N) is 6. The molecule has 1 amide bonds. The summed E-state index contributed by atoms with van der Waals surface area (Å²) in [5.74, 6) is 0.336. The van der Waals surface area contributed by atoms with Crippen molar-refractivity contribution in [1.29, 1.82) is 0 Å². The second kappa shape index (κ2) is 8.38. The maximum atomic E-state index is 13.6. The largest absolute Gasteiger partial charge is 0.482 e. The maximum Gasteiger partial charge on any atom is 0.333 e. The van der Waals surface area contributed by atoms with Crippen LogP contribution in [0, 0.1) is 12.8 Å². The SMILES string of the molecule is Cc1ccc([C@@H]2C[C@@H]2C(=O)Nc2cn3cc(-c4c(OC5COC5)cnn4C(F)F)ncc3n2)nc1. The third-order valence-corrected chi connectivity index (χ3v) is 6.12. The van der Waals surface area contributed by atoms with Crippen molar-refractivity contribution in [3.8, 4) is 17.1 Å². The first-order valence-corrected chi connectivity index (χ1v) is 11.1. The number of rotatable bonds is 7. The summed E-state index contributed by atoms with van der Waals surface area (Å²) >= 11 is 0. The molecule has 0 aromatic carbocycles. The molecule has 2 atom stereocenters. The van der Waals surface area contributed by atoms with E-state index in [1.54, 1.807) is 23.0 Å². The Morgan fingerprint density at radius 2 is 2.06 bits per heavy atom. The minimum absolute atomic E-state index is 0.0551. The van der Waals surface area contributed by atoms with Crippen molar-refractivity contribution in [2.75, 3.05) is 18.5 Å². The normalized spacial score (nSPS) is 19.7. The summed E-state index contributed by atoms with van der Waals surface area (Å²) in [5.41, 5.74) is 2.71. The van der Waals surface area contributed by atoms with E-state index in [9.17, 15) is 13.6 Å². The number of nitrogens with one attached hydrogen (secondary N) is 1. The molecule has 1 N–H and O–H groups in total. The van der Waals surface area contributed by atoms with Gasteiger partial charge < -0.3 is 19.2 Å². The molecule has 0 spiro atoms. The van der Waals surface area contributed by atoms with Crippen molar-refractivity contribution >= 4 is 17.4 Å². The summed E-state index contributed by atoms with van der Waals surface area (Å²) < 4.78 is 40.2. The molecule has 0 unspecified atom stereocenters. The van der Waals surface area contributed by atoms with Gasteiger partial charge in [-0.15, -0.1) is 0 Å². The molecule has 35 heavy (non-hydrogen) atoms. The van der Waals surface area contributed by atoms with Crippen molar-refractivity contribution < 1.29 is 23.0 Å². The minimum atomic E-state index is -2.87. The van der Waals surface area contributed by atoms with Crippen molar-refractivity contribution in [2.45, 2.75) is 31.9 Å². The predicted molar refractivity (Wildman–Crippen MR) is 119 cm³/mol. The predicted octanol–water partition coefficient (Wildman–Crippen LogP) is 3.21. The molecule has 12 heteroatoms. The summed E-state index contributed by atoms with van der Waals surface area (Å²) in [6.07, 6.45) is 8.17. The number of halogens is 2. The maximum absolute atomic E-state index is 13.6. The van der Waals surface area contributed by atoms with Crippen LogP contribution in [0.25, 0.3) is 17.0 Å². The number of pyridine rings is 1. The molecule has 180 valence electrons. The molecule has 1 saturated carbocycles. The Morgan fingerprint density at radius 1 is 1.20 bits per heavy atom. The monoisotopic (exact) mass is 481 g/mol. The highest BCUT2D eigenvalue weighted by Gasteiger charge is 2.45. The first kappa shape index (κ1) is 21.6. The second-order valence-corrected chi connectivity index (χ2v) is 8.72. The molecule has 4 aromatic heterocycles. The van der Waals surface area contributed by atoms with Gasteiger partial charge >= 0.3 is 6.55 Å². The van der Waals surface area contributed by atoms with Gasteiger partial charge in [-0.1, -0.05) is 6.07 Å². The van der Waals surface area contributed by atoms with Crippen LogP contribution in [0.3, 0.4) is 0 Å². The van der Waals surface area contributed by atoms with Gasteiger partial charge in [0.25, 0.3) is 0 Å². The van der Waals surface area contributed by atoms with Gasteiger partial charge in [-0.05, 0) is 25.0 Å². The van der Waals surface area contributed by atoms with Crippen LogP contribution in [0.1, 0.15) is 30.1 Å². The molecule has 1 aliphatic carbocycles. The second-order valence-electron chi connectivity index (χ2n) is 8.72. The standard InChI is InChI=1S/C23H21F2N7O3/c1-12-2-3-16(26-5-12)14-4-15(14)22(33)30-19-9-31-8-17(27-7-20(31)29-19)21-18(35-13-10-34-11-13)6-28-32(21)23(24)25/h2-3,5-9,13-15,23H,4,10-11H2,1H3,(H,30,33)/t14-,15+/m1/s1. The fourth-order valence-electron chi connectivity index (χ4n) is 4.10. The van der Waals surface area contributed by atoms with E-state index in [0.717, 1.165) is 17.7 Å². The average Bonchev–Trinajstić information content (AvgIpc) is 3.33. The van der Waals surface area contributed by atoms with Crippen LogP contribution < -0.4 is 10.1 Å². The third kappa shape index (κ3) is 4.09. The van der Waals surface area contributed by atoms with Crippen molar-refractivity contribution in [3.05, 3.63) is 54.4 Å². The molecule has 4 aromatic rings. The number of amides is 1. The Balaban J connectivity index is 1.22. The molecule has 5 heterocycles. The summed E-state index contributed by atoms with van der Waals surface area (Å²) in [6, 6.07) is 3.93. The molecule has 10 nitrogen and oxygen atoms in total. The van der Waals surface area contributed by atoms with E-state index in [4.69, 9.17) is 9.47 Å². The Hall–Kier alpha value is -3.93. The fraction of sp³-hybridized carbons (Fsp3) is 0.348. The van der Waals surface area contributed by atoms with Crippen LogP contribution in [0.4, 0.5) is 14.6 Å². The van der Waals surface area contributed by atoms with E-state index in [1.807, 2.05) is 19.1 Å². The molecule has 0 bridgehead atoms. The number of aromatic nitrogens is 6. The molecule has 2 fully saturated rings. The number of hydrogen-bond acceptors (Lipinski definition) is 7. The van der Waals surface area contributed by atoms with Gasteiger partial charge in [0.05, 0.1) is 31.8 Å². The van der Waals surface area contributed by atoms with Crippen LogP contribution in [0.2, 0.25) is 0 Å². The Labute approximate surface area is 197 Å². The zero-order valence-corrected chi connectivity index (χ0v) is 18.6. The number of carbonyl (C=O) groups is 1. The molecule has 1 aliphatic heterocycles. The highest BCUT2D eigenvalue weighted by atomic mass is 19.3. The first-order valence-electron chi connectivity index (χ1n) is 11.1. The van der Waals surface area contributed by atoms with Crippen LogP contribution in [0.15, 0.2) is 43.1 Å².